The molecule has 6 rings (SSSR count). The van der Waals surface area contributed by atoms with Gasteiger partial charge in [-0.15, -0.1) is 0 Å². The summed E-state index contributed by atoms with van der Waals surface area (Å²) in [6.45, 7) is 5.36. The minimum absolute atomic E-state index is 0.120. The van der Waals surface area contributed by atoms with Gasteiger partial charge in [0.25, 0.3) is 5.91 Å². The molecule has 42 heavy (non-hydrogen) atoms. The molecule has 1 amide bonds. The number of carbonyl (C=O) groups is 1. The molecule has 3 aromatic carbocycles. The molecule has 214 valence electrons. The fourth-order valence-corrected chi connectivity index (χ4v) is 5.97. The van der Waals surface area contributed by atoms with Gasteiger partial charge in [-0.25, -0.2) is 9.48 Å². The molecule has 9 nitrogen and oxygen atoms in total. The second-order valence-corrected chi connectivity index (χ2v) is 11.5. The maximum atomic E-state index is 14.1. The summed E-state index contributed by atoms with van der Waals surface area (Å²) in [4.78, 5) is 30.6. The van der Waals surface area contributed by atoms with E-state index in [4.69, 9.17) is 42.5 Å². The Labute approximate surface area is 252 Å². The fraction of sp³-hybridized carbons (Fsp3) is 0.258. The molecule has 1 aromatic heterocycles. The van der Waals surface area contributed by atoms with Crippen molar-refractivity contribution in [3.63, 3.8) is 0 Å². The Kier molecular flexibility index (Phi) is 7.29. The number of hydrogen-bond acceptors (Lipinski definition) is 7. The fourth-order valence-electron chi connectivity index (χ4n) is 5.45. The molecule has 0 atom stereocenters. The van der Waals surface area contributed by atoms with E-state index in [9.17, 15) is 9.59 Å². The van der Waals surface area contributed by atoms with Crippen molar-refractivity contribution in [2.75, 3.05) is 26.9 Å². The molecule has 2 aliphatic rings. The molecule has 0 aliphatic carbocycles. The van der Waals surface area contributed by atoms with Crippen molar-refractivity contribution in [3.05, 3.63) is 75.9 Å². The average molecular weight is 605 g/mol. The van der Waals surface area contributed by atoms with E-state index in [1.54, 1.807) is 65.2 Å². The number of ether oxygens (including phenoxy) is 3. The number of benzene rings is 3. The smallest absolute Gasteiger partial charge is 0.275 e. The lowest BCUT2D eigenvalue weighted by molar-refractivity contribution is -0.0374. The number of morpholine rings is 1. The van der Waals surface area contributed by atoms with Crippen LogP contribution in [0.5, 0.6) is 11.5 Å². The molecular weight excluding hydrogens is 579 g/mol. The highest BCUT2D eigenvalue weighted by Crippen LogP contribution is 2.47. The van der Waals surface area contributed by atoms with Gasteiger partial charge in [-0.1, -0.05) is 35.3 Å². The molecule has 0 spiro atoms. The number of isocyanates is 1. The Morgan fingerprint density at radius 3 is 2.60 bits per heavy atom. The van der Waals surface area contributed by atoms with Crippen molar-refractivity contribution < 1.29 is 23.8 Å². The predicted octanol–water partition coefficient (Wildman–Crippen LogP) is 6.63. The zero-order valence-corrected chi connectivity index (χ0v) is 24.6. The number of hydrogen-bond donors (Lipinski definition) is 0. The Morgan fingerprint density at radius 2 is 1.88 bits per heavy atom. The van der Waals surface area contributed by atoms with Crippen molar-refractivity contribution in [1.82, 2.24) is 14.7 Å². The Balaban J connectivity index is 1.59. The van der Waals surface area contributed by atoms with Gasteiger partial charge in [0.2, 0.25) is 6.08 Å². The van der Waals surface area contributed by atoms with Gasteiger partial charge >= 0.3 is 0 Å². The van der Waals surface area contributed by atoms with Crippen LogP contribution in [0.15, 0.2) is 59.6 Å². The summed E-state index contributed by atoms with van der Waals surface area (Å²) < 4.78 is 19.3. The predicted molar refractivity (Wildman–Crippen MR) is 159 cm³/mol. The highest BCUT2D eigenvalue weighted by atomic mass is 35.5. The first-order chi connectivity index (χ1) is 20.2. The zero-order chi connectivity index (χ0) is 29.6. The van der Waals surface area contributed by atoms with E-state index in [0.29, 0.717) is 69.5 Å². The number of carbonyl (C=O) groups excluding carboxylic acids is 2. The second-order valence-electron chi connectivity index (χ2n) is 10.6. The van der Waals surface area contributed by atoms with Crippen LogP contribution in [0.25, 0.3) is 28.1 Å². The summed E-state index contributed by atoms with van der Waals surface area (Å²) >= 11 is 12.8. The van der Waals surface area contributed by atoms with Gasteiger partial charge in [-0.3, -0.25) is 4.79 Å². The molecule has 1 saturated heterocycles. The highest BCUT2D eigenvalue weighted by Gasteiger charge is 2.39. The standard InChI is InChI=1S/C31H26Cl2N4O5/c1-31(2)16-41-8-7-36(31)30(39)28-25-15-42-27-14-26(40-3)23(18-5-4-6-21(9-18)34-17-38)13-24(27)29(25)37(35-28)22-11-19(32)10-20(33)12-22/h4-6,9-14H,7-8,15-16H2,1-3H3. The van der Waals surface area contributed by atoms with Gasteiger partial charge in [0, 0.05) is 39.3 Å². The monoisotopic (exact) mass is 604 g/mol. The second kappa shape index (κ2) is 10.9. The first-order valence-corrected chi connectivity index (χ1v) is 14.0. The lowest BCUT2D eigenvalue weighted by atomic mass is 9.95. The van der Waals surface area contributed by atoms with Crippen molar-refractivity contribution in [2.24, 2.45) is 4.99 Å². The van der Waals surface area contributed by atoms with Crippen LogP contribution < -0.4 is 9.47 Å². The zero-order valence-electron chi connectivity index (χ0n) is 23.1. The molecule has 4 aromatic rings. The van der Waals surface area contributed by atoms with Crippen LogP contribution in [-0.4, -0.2) is 59.1 Å². The van der Waals surface area contributed by atoms with Crippen LogP contribution in [-0.2, 0) is 16.1 Å². The summed E-state index contributed by atoms with van der Waals surface area (Å²) in [6, 6.07) is 16.0. The molecule has 0 saturated carbocycles. The molecule has 2 aliphatic heterocycles. The van der Waals surface area contributed by atoms with E-state index in [-0.39, 0.29) is 18.2 Å². The summed E-state index contributed by atoms with van der Waals surface area (Å²) in [5.74, 6) is 0.907. The SMILES string of the molecule is COc1cc2c(cc1-c1cccc(N=C=O)c1)-c1c(c(C(=O)N3CCOCC3(C)C)nn1-c1cc(Cl)cc(Cl)c1)CO2. The summed E-state index contributed by atoms with van der Waals surface area (Å²) in [5.41, 5.74) is 4.32. The highest BCUT2D eigenvalue weighted by molar-refractivity contribution is 6.34. The first kappa shape index (κ1) is 28.0. The van der Waals surface area contributed by atoms with Gasteiger partial charge in [0.05, 0.1) is 42.9 Å². The largest absolute Gasteiger partial charge is 0.496 e. The van der Waals surface area contributed by atoms with Crippen LogP contribution in [0.4, 0.5) is 5.69 Å². The number of nitrogens with zero attached hydrogens (tertiary/aromatic N) is 4. The lowest BCUT2D eigenvalue weighted by Crippen LogP contribution is -2.55. The molecule has 0 N–H and O–H groups in total. The number of amides is 1. The van der Waals surface area contributed by atoms with Crippen LogP contribution in [0.3, 0.4) is 0 Å². The van der Waals surface area contributed by atoms with Crippen LogP contribution in [0.2, 0.25) is 10.0 Å². The van der Waals surface area contributed by atoms with E-state index in [2.05, 4.69) is 4.99 Å². The Hall–Kier alpha value is -4.14. The molecule has 0 unspecified atom stereocenters. The topological polar surface area (TPSA) is 95.3 Å². The van der Waals surface area contributed by atoms with Crippen molar-refractivity contribution in [3.8, 4) is 39.6 Å². The average Bonchev–Trinajstić information content (AvgIpc) is 3.36. The van der Waals surface area contributed by atoms with Gasteiger partial charge in [-0.05, 0) is 55.8 Å². The van der Waals surface area contributed by atoms with Gasteiger partial charge < -0.3 is 19.1 Å². The number of rotatable bonds is 5. The number of fused-ring (bicyclic) bond motifs is 3. The quantitative estimate of drug-likeness (QED) is 0.187. The van der Waals surface area contributed by atoms with Crippen LogP contribution >= 0.6 is 23.2 Å². The summed E-state index contributed by atoms with van der Waals surface area (Å²) in [5, 5.41) is 5.73. The first-order valence-electron chi connectivity index (χ1n) is 13.2. The van der Waals surface area contributed by atoms with Crippen LogP contribution in [0, 0.1) is 0 Å². The van der Waals surface area contributed by atoms with E-state index in [0.717, 1.165) is 11.1 Å². The summed E-state index contributed by atoms with van der Waals surface area (Å²) in [6.07, 6.45) is 1.58. The van der Waals surface area contributed by atoms with Crippen molar-refractivity contribution >= 4 is 40.9 Å². The number of methoxy groups -OCH3 is 1. The maximum absolute atomic E-state index is 14.1. The molecule has 0 radical (unpaired) electrons. The summed E-state index contributed by atoms with van der Waals surface area (Å²) in [7, 11) is 1.58. The van der Waals surface area contributed by atoms with Gasteiger partial charge in [0.15, 0.2) is 5.69 Å². The van der Waals surface area contributed by atoms with E-state index in [1.807, 2.05) is 26.0 Å². The molecule has 3 heterocycles. The third-order valence-electron chi connectivity index (χ3n) is 7.43. The maximum Gasteiger partial charge on any atom is 0.275 e. The Bertz CT molecular complexity index is 1760. The molecular formula is C31H26Cl2N4O5. The van der Waals surface area contributed by atoms with Gasteiger partial charge in [-0.2, -0.15) is 10.1 Å². The number of aliphatic imine (C=N–C) groups is 1. The third kappa shape index (κ3) is 4.95. The Morgan fingerprint density at radius 1 is 1.10 bits per heavy atom. The molecule has 0 bridgehead atoms. The minimum Gasteiger partial charge on any atom is -0.496 e. The lowest BCUT2D eigenvalue weighted by Gasteiger charge is -2.41. The third-order valence-corrected chi connectivity index (χ3v) is 7.87. The van der Waals surface area contributed by atoms with Crippen molar-refractivity contribution in [1.29, 1.82) is 0 Å². The van der Waals surface area contributed by atoms with Crippen molar-refractivity contribution in [2.45, 2.75) is 26.0 Å². The number of halogens is 2. The van der Waals surface area contributed by atoms with E-state index >= 15 is 0 Å². The molecule has 11 heteroatoms. The normalized spacial score (nSPS) is 15.2. The molecule has 1 fully saturated rings. The van der Waals surface area contributed by atoms with E-state index < -0.39 is 5.54 Å². The minimum atomic E-state index is -0.520. The van der Waals surface area contributed by atoms with Crippen LogP contribution in [0.1, 0.15) is 29.9 Å². The number of aromatic nitrogens is 2. The van der Waals surface area contributed by atoms with Gasteiger partial charge in [0.1, 0.15) is 18.1 Å². The van der Waals surface area contributed by atoms with E-state index in [1.165, 1.54) is 0 Å².